The highest BCUT2D eigenvalue weighted by Gasteiger charge is 2.34. The van der Waals surface area contributed by atoms with Crippen LogP contribution in [0.25, 0.3) is 0 Å². The number of aryl methyl sites for hydroxylation is 1. The van der Waals surface area contributed by atoms with Gasteiger partial charge in [0, 0.05) is 18.6 Å². The van der Waals surface area contributed by atoms with Crippen LogP contribution in [0.2, 0.25) is 0 Å². The Bertz CT molecular complexity index is 407. The summed E-state index contributed by atoms with van der Waals surface area (Å²) in [6, 6.07) is 10.0. The Labute approximate surface area is 110 Å². The van der Waals surface area contributed by atoms with Crippen LogP contribution < -0.4 is 5.32 Å². The third-order valence-corrected chi connectivity index (χ3v) is 4.66. The van der Waals surface area contributed by atoms with Gasteiger partial charge in [0.1, 0.15) is 0 Å². The fraction of sp³-hybridized carbons (Fsp3) is 0.625. The van der Waals surface area contributed by atoms with Crippen molar-refractivity contribution in [3.8, 4) is 0 Å². The van der Waals surface area contributed by atoms with Gasteiger partial charge in [-0.05, 0) is 51.3 Å². The van der Waals surface area contributed by atoms with Crippen molar-refractivity contribution in [3.63, 3.8) is 0 Å². The maximum absolute atomic E-state index is 3.85. The summed E-state index contributed by atoms with van der Waals surface area (Å²) in [6.45, 7) is 8.36. The molecule has 1 aromatic rings. The summed E-state index contributed by atoms with van der Waals surface area (Å²) in [4.78, 5) is 2.61. The van der Waals surface area contributed by atoms with Crippen LogP contribution in [-0.2, 0) is 0 Å². The number of nitrogens with one attached hydrogen (secondary N) is 1. The van der Waals surface area contributed by atoms with Gasteiger partial charge in [0.25, 0.3) is 0 Å². The lowest BCUT2D eigenvalue weighted by Crippen LogP contribution is -2.56. The fourth-order valence-corrected chi connectivity index (χ4v) is 3.51. The number of benzene rings is 1. The van der Waals surface area contributed by atoms with E-state index in [9.17, 15) is 0 Å². The molecule has 1 unspecified atom stereocenters. The molecular weight excluding hydrogens is 220 g/mol. The Hall–Kier alpha value is -0.860. The van der Waals surface area contributed by atoms with Crippen molar-refractivity contribution in [2.24, 2.45) is 5.92 Å². The second-order valence-electron chi connectivity index (χ2n) is 6.05. The van der Waals surface area contributed by atoms with Crippen LogP contribution in [0.1, 0.15) is 36.9 Å². The van der Waals surface area contributed by atoms with E-state index in [0.717, 1.165) is 5.92 Å². The molecule has 0 spiro atoms. The quantitative estimate of drug-likeness (QED) is 0.879. The highest BCUT2D eigenvalue weighted by molar-refractivity contribution is 5.24. The zero-order chi connectivity index (χ0) is 12.5. The maximum Gasteiger partial charge on any atom is 0.0295 e. The minimum Gasteiger partial charge on any atom is -0.306 e. The van der Waals surface area contributed by atoms with E-state index in [4.69, 9.17) is 0 Å². The van der Waals surface area contributed by atoms with E-state index in [1.54, 1.807) is 0 Å². The van der Waals surface area contributed by atoms with Crippen LogP contribution in [0.4, 0.5) is 0 Å². The summed E-state index contributed by atoms with van der Waals surface area (Å²) in [5.41, 5.74) is 2.78. The molecule has 2 heteroatoms. The number of piperidine rings is 3. The first kappa shape index (κ1) is 12.2. The third kappa shape index (κ3) is 2.45. The maximum atomic E-state index is 3.85. The predicted molar refractivity (Wildman–Crippen MR) is 75.7 cm³/mol. The van der Waals surface area contributed by atoms with E-state index in [-0.39, 0.29) is 0 Å². The molecule has 4 rings (SSSR count). The molecule has 2 nitrogen and oxygen atoms in total. The van der Waals surface area contributed by atoms with Gasteiger partial charge in [-0.1, -0.05) is 29.8 Å². The van der Waals surface area contributed by atoms with Gasteiger partial charge in [-0.25, -0.2) is 0 Å². The summed E-state index contributed by atoms with van der Waals surface area (Å²) in [5.74, 6) is 0.905. The average molecular weight is 244 g/mol. The largest absolute Gasteiger partial charge is 0.306 e. The molecule has 0 radical (unpaired) electrons. The Morgan fingerprint density at radius 2 is 2.06 bits per heavy atom. The topological polar surface area (TPSA) is 15.3 Å². The minimum absolute atomic E-state index is 0.468. The zero-order valence-corrected chi connectivity index (χ0v) is 11.5. The second kappa shape index (κ2) is 5.02. The highest BCUT2D eigenvalue weighted by Crippen LogP contribution is 2.29. The lowest BCUT2D eigenvalue weighted by molar-refractivity contribution is 0.0680. The molecule has 3 aliphatic rings. The molecule has 0 amide bonds. The predicted octanol–water partition coefficient (Wildman–Crippen LogP) is 2.74. The Morgan fingerprint density at radius 3 is 2.67 bits per heavy atom. The minimum atomic E-state index is 0.468. The Kier molecular flexibility index (Phi) is 3.40. The third-order valence-electron chi connectivity index (χ3n) is 4.66. The molecule has 3 fully saturated rings. The molecule has 1 aromatic carbocycles. The van der Waals surface area contributed by atoms with Crippen LogP contribution in [0.15, 0.2) is 24.3 Å². The first-order valence-electron chi connectivity index (χ1n) is 7.27. The number of hydrogen-bond donors (Lipinski definition) is 1. The summed E-state index contributed by atoms with van der Waals surface area (Å²) >= 11 is 0. The summed E-state index contributed by atoms with van der Waals surface area (Å²) in [5, 5.41) is 3.85. The SMILES string of the molecule is Cc1cccc([C@H](C)NC2CN3CCC2CC3)c1. The molecular formula is C16H24N2. The molecule has 98 valence electrons. The number of nitrogens with zero attached hydrogens (tertiary/aromatic N) is 1. The van der Waals surface area contributed by atoms with Crippen molar-refractivity contribution < 1.29 is 0 Å². The van der Waals surface area contributed by atoms with E-state index in [1.165, 1.54) is 43.6 Å². The van der Waals surface area contributed by atoms with E-state index < -0.39 is 0 Å². The molecule has 2 bridgehead atoms. The number of hydrogen-bond acceptors (Lipinski definition) is 2. The Morgan fingerprint density at radius 1 is 1.28 bits per heavy atom. The van der Waals surface area contributed by atoms with Crippen LogP contribution >= 0.6 is 0 Å². The van der Waals surface area contributed by atoms with Crippen LogP contribution in [0.5, 0.6) is 0 Å². The molecule has 18 heavy (non-hydrogen) atoms. The zero-order valence-electron chi connectivity index (χ0n) is 11.5. The van der Waals surface area contributed by atoms with Crippen molar-refractivity contribution in [1.29, 1.82) is 0 Å². The second-order valence-corrected chi connectivity index (χ2v) is 6.05. The van der Waals surface area contributed by atoms with Gasteiger partial charge >= 0.3 is 0 Å². The van der Waals surface area contributed by atoms with Gasteiger partial charge in [0.15, 0.2) is 0 Å². The van der Waals surface area contributed by atoms with Crippen molar-refractivity contribution in [3.05, 3.63) is 35.4 Å². The van der Waals surface area contributed by atoms with E-state index in [2.05, 4.69) is 48.3 Å². The molecule has 2 atom stereocenters. The van der Waals surface area contributed by atoms with E-state index >= 15 is 0 Å². The van der Waals surface area contributed by atoms with Gasteiger partial charge in [0.2, 0.25) is 0 Å². The van der Waals surface area contributed by atoms with Crippen molar-refractivity contribution in [2.45, 2.75) is 38.8 Å². The molecule has 3 aliphatic heterocycles. The summed E-state index contributed by atoms with van der Waals surface area (Å²) < 4.78 is 0. The van der Waals surface area contributed by atoms with Crippen LogP contribution in [0.3, 0.4) is 0 Å². The van der Waals surface area contributed by atoms with Gasteiger partial charge in [-0.2, -0.15) is 0 Å². The first-order chi connectivity index (χ1) is 8.72. The lowest BCUT2D eigenvalue weighted by atomic mass is 9.83. The van der Waals surface area contributed by atoms with E-state index in [0.29, 0.717) is 12.1 Å². The van der Waals surface area contributed by atoms with Crippen molar-refractivity contribution in [2.75, 3.05) is 19.6 Å². The van der Waals surface area contributed by atoms with Crippen LogP contribution in [-0.4, -0.2) is 30.6 Å². The normalized spacial score (nSPS) is 32.4. The standard InChI is InChI=1S/C16H24N2/c1-12-4-3-5-15(10-12)13(2)17-16-11-18-8-6-14(16)7-9-18/h3-5,10,13-14,16-17H,6-9,11H2,1-2H3/t13-,16?/m0/s1. The van der Waals surface area contributed by atoms with Gasteiger partial charge in [-0.3, -0.25) is 0 Å². The van der Waals surface area contributed by atoms with E-state index in [1.807, 2.05) is 0 Å². The average Bonchev–Trinajstić information content (AvgIpc) is 2.40. The van der Waals surface area contributed by atoms with Crippen LogP contribution in [0, 0.1) is 12.8 Å². The lowest BCUT2D eigenvalue weighted by Gasteiger charge is -2.46. The molecule has 3 heterocycles. The smallest absolute Gasteiger partial charge is 0.0295 e. The molecule has 3 saturated heterocycles. The van der Waals surface area contributed by atoms with Gasteiger partial charge < -0.3 is 10.2 Å². The van der Waals surface area contributed by atoms with Gasteiger partial charge in [-0.15, -0.1) is 0 Å². The van der Waals surface area contributed by atoms with Gasteiger partial charge in [0.05, 0.1) is 0 Å². The fourth-order valence-electron chi connectivity index (χ4n) is 3.51. The summed E-state index contributed by atoms with van der Waals surface area (Å²) in [7, 11) is 0. The molecule has 0 aliphatic carbocycles. The first-order valence-corrected chi connectivity index (χ1v) is 7.27. The number of rotatable bonds is 3. The number of fused-ring (bicyclic) bond motifs is 3. The van der Waals surface area contributed by atoms with Crippen molar-refractivity contribution in [1.82, 2.24) is 10.2 Å². The molecule has 0 aromatic heterocycles. The van der Waals surface area contributed by atoms with Crippen molar-refractivity contribution >= 4 is 0 Å². The molecule has 1 N–H and O–H groups in total. The monoisotopic (exact) mass is 244 g/mol. The summed E-state index contributed by atoms with van der Waals surface area (Å²) in [6.07, 6.45) is 2.77. The highest BCUT2D eigenvalue weighted by atomic mass is 15.2. The molecule has 0 saturated carbocycles. The Balaban J connectivity index is 1.66.